The molecule has 106 valence electrons. The number of aliphatic carboxylic acids is 1. The van der Waals surface area contributed by atoms with Gasteiger partial charge < -0.3 is 21.1 Å². The molecule has 0 aliphatic rings. The topological polar surface area (TPSA) is 137 Å². The molecular formula is C11H18N4O4. The number of urea groups is 1. The molecule has 4 N–H and O–H groups in total. The molecule has 0 aromatic heterocycles. The van der Waals surface area contributed by atoms with Gasteiger partial charge in [-0.05, 0) is 13.8 Å². The summed E-state index contributed by atoms with van der Waals surface area (Å²) >= 11 is 0. The quantitative estimate of drug-likeness (QED) is 0.573. The van der Waals surface area contributed by atoms with Gasteiger partial charge in [0.25, 0.3) is 0 Å². The highest BCUT2D eigenvalue weighted by Crippen LogP contribution is 2.01. The van der Waals surface area contributed by atoms with Crippen LogP contribution in [-0.4, -0.2) is 47.0 Å². The van der Waals surface area contributed by atoms with E-state index in [1.54, 1.807) is 13.8 Å². The monoisotopic (exact) mass is 270 g/mol. The molecule has 19 heavy (non-hydrogen) atoms. The van der Waals surface area contributed by atoms with Crippen molar-refractivity contribution < 1.29 is 19.5 Å². The fourth-order valence-electron chi connectivity index (χ4n) is 1.37. The molecule has 0 bridgehead atoms. The van der Waals surface area contributed by atoms with E-state index in [2.05, 4.69) is 5.32 Å². The second-order valence-corrected chi connectivity index (χ2v) is 4.08. The van der Waals surface area contributed by atoms with E-state index in [-0.39, 0.29) is 12.5 Å². The van der Waals surface area contributed by atoms with Crippen molar-refractivity contribution in [2.24, 2.45) is 11.7 Å². The first-order valence-electron chi connectivity index (χ1n) is 5.77. The summed E-state index contributed by atoms with van der Waals surface area (Å²) in [5.74, 6) is -2.53. The fraction of sp³-hybridized carbons (Fsp3) is 0.636. The number of nitrogens with two attached hydrogens (primary N) is 1. The molecule has 0 aliphatic heterocycles. The normalized spacial score (nSPS) is 12.9. The Morgan fingerprint density at radius 2 is 2.05 bits per heavy atom. The maximum absolute atomic E-state index is 11.8. The van der Waals surface area contributed by atoms with Gasteiger partial charge in [0, 0.05) is 13.1 Å². The van der Waals surface area contributed by atoms with E-state index in [4.69, 9.17) is 16.1 Å². The van der Waals surface area contributed by atoms with Crippen molar-refractivity contribution in [3.63, 3.8) is 0 Å². The Labute approximate surface area is 111 Å². The number of nitriles is 1. The van der Waals surface area contributed by atoms with Crippen LogP contribution < -0.4 is 11.1 Å². The molecule has 0 saturated heterocycles. The standard InChI is InChI=1S/C11H18N4O4/c1-3-15(6-7(2)5-12)11(19)14-8(10(17)18)4-9(13)16/h7-8H,3-4,6H2,1-2H3,(H2,13,16)(H,14,19)(H,17,18)/t7?,8-/m0/s1. The molecule has 3 amide bonds. The first kappa shape index (κ1) is 16.7. The number of nitrogens with one attached hydrogen (secondary N) is 1. The number of carboxylic acid groups (broad SMARTS) is 1. The lowest BCUT2D eigenvalue weighted by Crippen LogP contribution is -2.50. The number of carbonyl (C=O) groups is 3. The van der Waals surface area contributed by atoms with Gasteiger partial charge in [0.05, 0.1) is 18.4 Å². The summed E-state index contributed by atoms with van der Waals surface area (Å²) in [5.41, 5.74) is 4.91. The molecule has 0 heterocycles. The molecule has 0 fully saturated rings. The van der Waals surface area contributed by atoms with Gasteiger partial charge >= 0.3 is 12.0 Å². The number of amides is 3. The van der Waals surface area contributed by atoms with Crippen molar-refractivity contribution in [3.05, 3.63) is 0 Å². The maximum Gasteiger partial charge on any atom is 0.326 e. The van der Waals surface area contributed by atoms with Crippen LogP contribution in [0.1, 0.15) is 20.3 Å². The summed E-state index contributed by atoms with van der Waals surface area (Å²) < 4.78 is 0. The smallest absolute Gasteiger partial charge is 0.326 e. The van der Waals surface area contributed by atoms with E-state index in [1.165, 1.54) is 4.90 Å². The molecule has 0 aliphatic carbocycles. The SMILES string of the molecule is CCN(CC(C)C#N)C(=O)N[C@@H](CC(N)=O)C(=O)O. The zero-order valence-corrected chi connectivity index (χ0v) is 10.9. The minimum atomic E-state index is -1.36. The molecule has 0 spiro atoms. The first-order chi connectivity index (χ1) is 8.81. The average molecular weight is 270 g/mol. The first-order valence-corrected chi connectivity index (χ1v) is 5.77. The van der Waals surface area contributed by atoms with Crippen LogP contribution in [0, 0.1) is 17.2 Å². The van der Waals surface area contributed by atoms with Gasteiger partial charge in [-0.15, -0.1) is 0 Å². The number of carbonyl (C=O) groups excluding carboxylic acids is 2. The average Bonchev–Trinajstić information content (AvgIpc) is 2.33. The van der Waals surface area contributed by atoms with Crippen molar-refractivity contribution in [3.8, 4) is 6.07 Å². The molecule has 8 heteroatoms. The van der Waals surface area contributed by atoms with Gasteiger partial charge in [0.2, 0.25) is 5.91 Å². The Morgan fingerprint density at radius 3 is 2.42 bits per heavy atom. The lowest BCUT2D eigenvalue weighted by atomic mass is 10.2. The Kier molecular flexibility index (Phi) is 6.96. The lowest BCUT2D eigenvalue weighted by Gasteiger charge is -2.24. The highest BCUT2D eigenvalue weighted by Gasteiger charge is 2.24. The second kappa shape index (κ2) is 7.92. The number of primary amides is 1. The van der Waals surface area contributed by atoms with Gasteiger partial charge in [0.15, 0.2) is 0 Å². The summed E-state index contributed by atoms with van der Waals surface area (Å²) in [6.45, 7) is 3.85. The second-order valence-electron chi connectivity index (χ2n) is 4.08. The Morgan fingerprint density at radius 1 is 1.47 bits per heavy atom. The molecule has 0 aromatic carbocycles. The van der Waals surface area contributed by atoms with Crippen LogP contribution in [0.5, 0.6) is 0 Å². The van der Waals surface area contributed by atoms with Crippen LogP contribution in [0.4, 0.5) is 4.79 Å². The highest BCUT2D eigenvalue weighted by molar-refractivity contribution is 5.87. The Balaban J connectivity index is 4.64. The zero-order valence-electron chi connectivity index (χ0n) is 10.9. The van der Waals surface area contributed by atoms with Gasteiger partial charge in [-0.3, -0.25) is 4.79 Å². The summed E-state index contributed by atoms with van der Waals surface area (Å²) in [5, 5.41) is 19.8. The highest BCUT2D eigenvalue weighted by atomic mass is 16.4. The lowest BCUT2D eigenvalue weighted by molar-refractivity contribution is -0.140. The van der Waals surface area contributed by atoms with Crippen molar-refractivity contribution in [2.75, 3.05) is 13.1 Å². The minimum absolute atomic E-state index is 0.182. The molecule has 0 saturated carbocycles. The van der Waals surface area contributed by atoms with E-state index in [0.29, 0.717) is 6.54 Å². The number of nitrogens with zero attached hydrogens (tertiary/aromatic N) is 2. The zero-order chi connectivity index (χ0) is 15.0. The third kappa shape index (κ3) is 6.26. The van der Waals surface area contributed by atoms with E-state index in [9.17, 15) is 14.4 Å². The van der Waals surface area contributed by atoms with Gasteiger partial charge in [-0.2, -0.15) is 5.26 Å². The molecule has 2 atom stereocenters. The van der Waals surface area contributed by atoms with Crippen LogP contribution in [-0.2, 0) is 9.59 Å². The molecule has 8 nitrogen and oxygen atoms in total. The third-order valence-electron chi connectivity index (χ3n) is 2.38. The van der Waals surface area contributed by atoms with Crippen LogP contribution in [0.2, 0.25) is 0 Å². The van der Waals surface area contributed by atoms with E-state index in [0.717, 1.165) is 0 Å². The molecule has 1 unspecified atom stereocenters. The van der Waals surface area contributed by atoms with Crippen molar-refractivity contribution in [2.45, 2.75) is 26.3 Å². The van der Waals surface area contributed by atoms with E-state index < -0.39 is 30.4 Å². The Bertz CT molecular complexity index is 391. The van der Waals surface area contributed by atoms with Crippen LogP contribution in [0.15, 0.2) is 0 Å². The summed E-state index contributed by atoms with van der Waals surface area (Å²) in [6.07, 6.45) is -0.480. The van der Waals surface area contributed by atoms with Crippen LogP contribution in [0.3, 0.4) is 0 Å². The van der Waals surface area contributed by atoms with Crippen LogP contribution >= 0.6 is 0 Å². The molecule has 0 rings (SSSR count). The van der Waals surface area contributed by atoms with Crippen molar-refractivity contribution in [1.82, 2.24) is 10.2 Å². The minimum Gasteiger partial charge on any atom is -0.480 e. The number of hydrogen-bond acceptors (Lipinski definition) is 4. The van der Waals surface area contributed by atoms with Gasteiger partial charge in [-0.25, -0.2) is 9.59 Å². The number of carboxylic acids is 1. The predicted octanol–water partition coefficient (Wildman–Crippen LogP) is -0.494. The molecular weight excluding hydrogens is 252 g/mol. The number of hydrogen-bond donors (Lipinski definition) is 3. The summed E-state index contributed by atoms with van der Waals surface area (Å²) in [4.78, 5) is 34.7. The number of rotatable bonds is 7. The molecule has 0 radical (unpaired) electrons. The fourth-order valence-corrected chi connectivity index (χ4v) is 1.37. The largest absolute Gasteiger partial charge is 0.480 e. The predicted molar refractivity (Wildman–Crippen MR) is 65.8 cm³/mol. The Hall–Kier alpha value is -2.30. The van der Waals surface area contributed by atoms with Gasteiger partial charge in [0.1, 0.15) is 6.04 Å². The molecule has 0 aromatic rings. The maximum atomic E-state index is 11.8. The van der Waals surface area contributed by atoms with Gasteiger partial charge in [-0.1, -0.05) is 0 Å². The third-order valence-corrected chi connectivity index (χ3v) is 2.38. The van der Waals surface area contributed by atoms with E-state index in [1.807, 2.05) is 6.07 Å². The van der Waals surface area contributed by atoms with Crippen molar-refractivity contribution in [1.29, 1.82) is 5.26 Å². The van der Waals surface area contributed by atoms with Crippen LogP contribution in [0.25, 0.3) is 0 Å². The van der Waals surface area contributed by atoms with E-state index >= 15 is 0 Å². The summed E-state index contributed by atoms with van der Waals surface area (Å²) in [6, 6.07) is -0.0241. The van der Waals surface area contributed by atoms with Crippen molar-refractivity contribution >= 4 is 17.9 Å². The summed E-state index contributed by atoms with van der Waals surface area (Å²) in [7, 11) is 0.